The molecule has 0 aromatic carbocycles. The second-order valence-electron chi connectivity index (χ2n) is 3.66. The first-order valence-corrected chi connectivity index (χ1v) is 3.88. The first kappa shape index (κ1) is 6.13. The highest BCUT2D eigenvalue weighted by atomic mass is 15.5. The zero-order valence-electron chi connectivity index (χ0n) is 6.30. The van der Waals surface area contributed by atoms with Crippen LogP contribution >= 0.6 is 0 Å². The lowest BCUT2D eigenvalue weighted by Gasteiger charge is -2.43. The van der Waals surface area contributed by atoms with Gasteiger partial charge < -0.3 is 0 Å². The molecule has 3 nitrogen and oxygen atoms in total. The molecule has 0 spiro atoms. The Morgan fingerprint density at radius 1 is 1.60 bits per heavy atom. The van der Waals surface area contributed by atoms with Crippen LogP contribution in [-0.4, -0.2) is 17.6 Å². The van der Waals surface area contributed by atoms with Crippen LogP contribution in [-0.2, 0) is 0 Å². The van der Waals surface area contributed by atoms with Crippen LogP contribution in [0.2, 0.25) is 0 Å². The summed E-state index contributed by atoms with van der Waals surface area (Å²) >= 11 is 0. The van der Waals surface area contributed by atoms with Gasteiger partial charge in [0.25, 0.3) is 0 Å². The molecular formula is C7H13N3. The Morgan fingerprint density at radius 2 is 2.30 bits per heavy atom. The largest absolute Gasteiger partial charge is 0.276 e. The monoisotopic (exact) mass is 139 g/mol. The van der Waals surface area contributed by atoms with Crippen LogP contribution in [0, 0.1) is 11.4 Å². The van der Waals surface area contributed by atoms with Crippen molar-refractivity contribution in [2.24, 2.45) is 11.1 Å². The van der Waals surface area contributed by atoms with Crippen LogP contribution in [0.1, 0.15) is 25.7 Å². The van der Waals surface area contributed by atoms with Crippen molar-refractivity contribution in [3.63, 3.8) is 0 Å². The fourth-order valence-electron chi connectivity index (χ4n) is 2.43. The van der Waals surface area contributed by atoms with Crippen molar-refractivity contribution < 1.29 is 0 Å². The molecule has 3 heteroatoms. The maximum absolute atomic E-state index is 6.87. The number of fused-ring (bicyclic) bond motifs is 1. The summed E-state index contributed by atoms with van der Waals surface area (Å²) in [6.07, 6.45) is 5.19. The second kappa shape index (κ2) is 1.71. The van der Waals surface area contributed by atoms with Crippen molar-refractivity contribution in [1.82, 2.24) is 5.01 Å². The van der Waals surface area contributed by atoms with Crippen LogP contribution in [0.4, 0.5) is 0 Å². The molecule has 3 aliphatic carbocycles. The molecule has 3 aliphatic rings. The summed E-state index contributed by atoms with van der Waals surface area (Å²) in [5, 5.41) is 5.31. The Kier molecular flexibility index (Phi) is 1.05. The topological polar surface area (TPSA) is 39.5 Å². The number of nitrogens with one attached hydrogen (secondary N) is 1. The normalized spacial score (nSPS) is 42.7. The van der Waals surface area contributed by atoms with Gasteiger partial charge in [-0.2, -0.15) is 5.53 Å². The average molecular weight is 139 g/mol. The molecule has 0 aromatic heterocycles. The molecule has 0 amide bonds. The molecule has 0 aliphatic heterocycles. The van der Waals surface area contributed by atoms with Gasteiger partial charge in [0, 0.05) is 7.05 Å². The molecule has 56 valence electrons. The maximum Gasteiger partial charge on any atom is 0.0598 e. The Balaban J connectivity index is 2.09. The molecule has 0 aromatic rings. The van der Waals surface area contributed by atoms with E-state index in [4.69, 9.17) is 5.53 Å². The van der Waals surface area contributed by atoms with Gasteiger partial charge in [-0.3, -0.25) is 5.01 Å². The Bertz CT molecular complexity index is 155. The highest BCUT2D eigenvalue weighted by Gasteiger charge is 2.53. The van der Waals surface area contributed by atoms with E-state index in [1.165, 1.54) is 25.7 Å². The van der Waals surface area contributed by atoms with Gasteiger partial charge in [-0.15, -0.1) is 0 Å². The van der Waals surface area contributed by atoms with E-state index < -0.39 is 0 Å². The summed E-state index contributed by atoms with van der Waals surface area (Å²) in [6.45, 7) is 0. The van der Waals surface area contributed by atoms with Crippen LogP contribution < -0.4 is 0 Å². The van der Waals surface area contributed by atoms with Crippen molar-refractivity contribution in [3.8, 4) is 0 Å². The summed E-state index contributed by atoms with van der Waals surface area (Å²) in [6, 6.07) is 0. The second-order valence-corrected chi connectivity index (χ2v) is 3.66. The average Bonchev–Trinajstić information content (AvgIpc) is 2.41. The minimum atomic E-state index is 0.326. The van der Waals surface area contributed by atoms with Crippen LogP contribution in [0.5, 0.6) is 0 Å². The maximum atomic E-state index is 6.87. The van der Waals surface area contributed by atoms with Gasteiger partial charge in [0.15, 0.2) is 0 Å². The lowest BCUT2D eigenvalue weighted by atomic mass is 9.77. The van der Waals surface area contributed by atoms with Crippen LogP contribution in [0.3, 0.4) is 0 Å². The van der Waals surface area contributed by atoms with E-state index in [1.54, 1.807) is 0 Å². The van der Waals surface area contributed by atoms with E-state index in [9.17, 15) is 0 Å². The summed E-state index contributed by atoms with van der Waals surface area (Å²) in [7, 11) is 1.93. The predicted octanol–water partition coefficient (Wildman–Crippen LogP) is 1.81. The van der Waals surface area contributed by atoms with Crippen LogP contribution in [0.25, 0.3) is 0 Å². The number of rotatable bonds is 2. The van der Waals surface area contributed by atoms with E-state index in [1.807, 2.05) is 12.1 Å². The standard InChI is InChI=1S/C7H13N3/c1-10(9-8)7-3-2-6(4-7)5-7/h6,8H,2-5H2,1H3. The number of hydrogen-bond acceptors (Lipinski definition) is 2. The first-order valence-electron chi connectivity index (χ1n) is 3.88. The Morgan fingerprint density at radius 3 is 2.70 bits per heavy atom. The van der Waals surface area contributed by atoms with E-state index in [0.717, 1.165) is 5.92 Å². The van der Waals surface area contributed by atoms with Gasteiger partial charge in [-0.25, -0.2) is 0 Å². The number of hydrogen-bond donors (Lipinski definition) is 1. The lowest BCUT2D eigenvalue weighted by Crippen LogP contribution is -2.47. The fraction of sp³-hybridized carbons (Fsp3) is 1.00. The third-order valence-corrected chi connectivity index (χ3v) is 3.19. The van der Waals surface area contributed by atoms with E-state index in [2.05, 4.69) is 5.22 Å². The molecule has 10 heavy (non-hydrogen) atoms. The molecule has 3 fully saturated rings. The quantitative estimate of drug-likeness (QED) is 0.460. The summed E-state index contributed by atoms with van der Waals surface area (Å²) < 4.78 is 0. The Labute approximate surface area is 60.9 Å². The third-order valence-electron chi connectivity index (χ3n) is 3.19. The molecule has 0 unspecified atom stereocenters. The van der Waals surface area contributed by atoms with Gasteiger partial charge >= 0.3 is 0 Å². The minimum absolute atomic E-state index is 0.326. The zero-order chi connectivity index (χ0) is 7.19. The van der Waals surface area contributed by atoms with Crippen molar-refractivity contribution in [3.05, 3.63) is 0 Å². The first-order chi connectivity index (χ1) is 4.77. The smallest absolute Gasteiger partial charge is 0.0598 e. The fourth-order valence-corrected chi connectivity index (χ4v) is 2.43. The Hall–Kier alpha value is -0.600. The summed E-state index contributed by atoms with van der Waals surface area (Å²) in [5.74, 6) is 0.962. The van der Waals surface area contributed by atoms with Gasteiger partial charge in [-0.05, 0) is 31.6 Å². The predicted molar refractivity (Wildman–Crippen MR) is 37.6 cm³/mol. The van der Waals surface area contributed by atoms with E-state index in [0.29, 0.717) is 5.54 Å². The van der Waals surface area contributed by atoms with Crippen molar-refractivity contribution in [1.29, 1.82) is 5.53 Å². The molecule has 0 radical (unpaired) electrons. The molecule has 0 heterocycles. The van der Waals surface area contributed by atoms with Crippen molar-refractivity contribution >= 4 is 0 Å². The van der Waals surface area contributed by atoms with Gasteiger partial charge in [0.2, 0.25) is 0 Å². The lowest BCUT2D eigenvalue weighted by molar-refractivity contribution is 0.0411. The van der Waals surface area contributed by atoms with Crippen molar-refractivity contribution in [2.45, 2.75) is 31.2 Å². The zero-order valence-corrected chi connectivity index (χ0v) is 6.30. The van der Waals surface area contributed by atoms with Crippen LogP contribution in [0.15, 0.2) is 5.22 Å². The van der Waals surface area contributed by atoms with Gasteiger partial charge in [-0.1, -0.05) is 5.22 Å². The third kappa shape index (κ3) is 0.554. The highest BCUT2D eigenvalue weighted by molar-refractivity contribution is 5.07. The SMILES string of the molecule is CN(N=N)C12CCC(C1)C2. The number of nitrogens with zero attached hydrogens (tertiary/aromatic N) is 2. The molecule has 3 saturated carbocycles. The molecule has 0 atom stereocenters. The van der Waals surface area contributed by atoms with E-state index in [-0.39, 0.29) is 0 Å². The summed E-state index contributed by atoms with van der Waals surface area (Å²) in [5.41, 5.74) is 7.20. The molecule has 0 saturated heterocycles. The molecule has 3 rings (SSSR count). The van der Waals surface area contributed by atoms with Crippen molar-refractivity contribution in [2.75, 3.05) is 7.05 Å². The minimum Gasteiger partial charge on any atom is -0.276 e. The molecule has 2 bridgehead atoms. The molecule has 1 N–H and O–H groups in total. The summed E-state index contributed by atoms with van der Waals surface area (Å²) in [4.78, 5) is 0. The van der Waals surface area contributed by atoms with E-state index >= 15 is 0 Å². The molecular weight excluding hydrogens is 126 g/mol. The van der Waals surface area contributed by atoms with Gasteiger partial charge in [0.05, 0.1) is 5.54 Å². The highest BCUT2D eigenvalue weighted by Crippen LogP contribution is 2.54. The van der Waals surface area contributed by atoms with Gasteiger partial charge in [0.1, 0.15) is 0 Å².